The fraction of sp³-hybridized carbons (Fsp3) is 0.333. The van der Waals surface area contributed by atoms with Crippen LogP contribution in [0.1, 0.15) is 31.4 Å². The number of fused-ring (bicyclic) bond motifs is 1. The van der Waals surface area contributed by atoms with E-state index in [1.165, 1.54) is 16.5 Å². The number of H-pyrrole nitrogens is 1. The summed E-state index contributed by atoms with van der Waals surface area (Å²) in [6, 6.07) is 8.64. The van der Waals surface area contributed by atoms with Gasteiger partial charge in [-0.3, -0.25) is 0 Å². The fourth-order valence-corrected chi connectivity index (χ4v) is 1.78. The van der Waals surface area contributed by atoms with Crippen LogP contribution in [0.5, 0.6) is 0 Å². The Morgan fingerprint density at radius 3 is 2.87 bits per heavy atom. The average Bonchev–Trinajstić information content (AvgIpc) is 2.64. The van der Waals surface area contributed by atoms with Gasteiger partial charge in [0.1, 0.15) is 0 Å². The normalized spacial score (nSPS) is 12.4. The minimum atomic E-state index is 0. The number of hydrogen-bond donors (Lipinski definition) is 2. The molecule has 1 atom stereocenters. The van der Waals surface area contributed by atoms with E-state index in [1.54, 1.807) is 0 Å². The maximum Gasteiger partial charge on any atom is 0.0454 e. The molecule has 0 aliphatic heterocycles. The van der Waals surface area contributed by atoms with Crippen LogP contribution in [0.15, 0.2) is 30.5 Å². The summed E-state index contributed by atoms with van der Waals surface area (Å²) in [4.78, 5) is 3.18. The highest BCUT2D eigenvalue weighted by atomic mass is 35.5. The Bertz CT molecular complexity index is 422. The zero-order chi connectivity index (χ0) is 9.97. The van der Waals surface area contributed by atoms with E-state index in [2.05, 4.69) is 36.2 Å². The number of aromatic amines is 1. The molecule has 0 saturated heterocycles. The molecule has 1 aromatic heterocycles. The van der Waals surface area contributed by atoms with Gasteiger partial charge in [-0.15, -0.1) is 12.4 Å². The highest BCUT2D eigenvalue weighted by Crippen LogP contribution is 2.20. The summed E-state index contributed by atoms with van der Waals surface area (Å²) in [7, 11) is 0. The summed E-state index contributed by atoms with van der Waals surface area (Å²) in [6.45, 7) is 2.16. The predicted molar refractivity (Wildman–Crippen MR) is 67.4 cm³/mol. The second-order valence-corrected chi connectivity index (χ2v) is 3.72. The second kappa shape index (κ2) is 5.19. The van der Waals surface area contributed by atoms with Crippen LogP contribution in [0.2, 0.25) is 0 Å². The molecule has 2 aromatic rings. The van der Waals surface area contributed by atoms with Gasteiger partial charge in [-0.1, -0.05) is 19.4 Å². The summed E-state index contributed by atoms with van der Waals surface area (Å²) < 4.78 is 0. The molecule has 0 radical (unpaired) electrons. The van der Waals surface area contributed by atoms with Crippen molar-refractivity contribution in [1.82, 2.24) is 4.98 Å². The first-order valence-electron chi connectivity index (χ1n) is 5.14. The minimum absolute atomic E-state index is 0. The molecular weight excluding hydrogens is 208 g/mol. The van der Waals surface area contributed by atoms with Gasteiger partial charge in [0.25, 0.3) is 0 Å². The lowest BCUT2D eigenvalue weighted by Gasteiger charge is -2.10. The molecule has 2 nitrogen and oxygen atoms in total. The van der Waals surface area contributed by atoms with Gasteiger partial charge < -0.3 is 10.7 Å². The summed E-state index contributed by atoms with van der Waals surface area (Å²) in [5.74, 6) is 0. The Kier molecular flexibility index (Phi) is 4.18. The molecule has 0 spiro atoms. The van der Waals surface area contributed by atoms with Crippen molar-refractivity contribution in [2.24, 2.45) is 5.73 Å². The Hall–Kier alpha value is -0.990. The smallest absolute Gasteiger partial charge is 0.0454 e. The molecule has 0 amide bonds. The molecule has 0 unspecified atom stereocenters. The second-order valence-electron chi connectivity index (χ2n) is 3.72. The molecule has 0 bridgehead atoms. The van der Waals surface area contributed by atoms with Gasteiger partial charge in [0, 0.05) is 17.8 Å². The van der Waals surface area contributed by atoms with Gasteiger partial charge in [0.05, 0.1) is 0 Å². The number of aromatic nitrogens is 1. The fourth-order valence-electron chi connectivity index (χ4n) is 1.78. The van der Waals surface area contributed by atoms with Crippen molar-refractivity contribution in [3.05, 3.63) is 36.0 Å². The van der Waals surface area contributed by atoms with E-state index in [-0.39, 0.29) is 18.4 Å². The first kappa shape index (κ1) is 12.1. The lowest BCUT2D eigenvalue weighted by atomic mass is 10.0. The molecular formula is C12H17ClN2. The topological polar surface area (TPSA) is 41.8 Å². The maximum atomic E-state index is 6.06. The van der Waals surface area contributed by atoms with E-state index in [0.29, 0.717) is 0 Å². The molecule has 0 aliphatic rings. The van der Waals surface area contributed by atoms with Crippen molar-refractivity contribution in [3.8, 4) is 0 Å². The van der Waals surface area contributed by atoms with Crippen LogP contribution in [-0.4, -0.2) is 4.98 Å². The zero-order valence-electron chi connectivity index (χ0n) is 8.86. The molecule has 0 saturated carbocycles. The Balaban J connectivity index is 0.00000112. The van der Waals surface area contributed by atoms with Crippen LogP contribution in [0.4, 0.5) is 0 Å². The van der Waals surface area contributed by atoms with E-state index in [0.717, 1.165) is 12.8 Å². The zero-order valence-corrected chi connectivity index (χ0v) is 9.68. The third-order valence-corrected chi connectivity index (χ3v) is 2.61. The summed E-state index contributed by atoms with van der Waals surface area (Å²) >= 11 is 0. The summed E-state index contributed by atoms with van der Waals surface area (Å²) in [5, 5.41) is 1.24. The molecule has 3 N–H and O–H groups in total. The van der Waals surface area contributed by atoms with Crippen molar-refractivity contribution in [2.45, 2.75) is 25.8 Å². The number of halogens is 1. The molecule has 2 rings (SSSR count). The Morgan fingerprint density at radius 2 is 2.13 bits per heavy atom. The van der Waals surface area contributed by atoms with Crippen LogP contribution in [-0.2, 0) is 0 Å². The van der Waals surface area contributed by atoms with Crippen molar-refractivity contribution < 1.29 is 0 Å². The number of rotatable bonds is 3. The van der Waals surface area contributed by atoms with Crippen LogP contribution in [0.25, 0.3) is 10.9 Å². The van der Waals surface area contributed by atoms with Crippen LogP contribution in [0.3, 0.4) is 0 Å². The monoisotopic (exact) mass is 224 g/mol. The quantitative estimate of drug-likeness (QED) is 0.825. The van der Waals surface area contributed by atoms with Crippen LogP contribution < -0.4 is 5.73 Å². The Labute approximate surface area is 96.3 Å². The van der Waals surface area contributed by atoms with Gasteiger partial charge in [-0.2, -0.15) is 0 Å². The number of nitrogens with one attached hydrogen (secondary N) is 1. The Morgan fingerprint density at radius 1 is 1.33 bits per heavy atom. The molecule has 82 valence electrons. The minimum Gasteiger partial charge on any atom is -0.361 e. The first-order valence-corrected chi connectivity index (χ1v) is 5.14. The average molecular weight is 225 g/mol. The molecule has 1 heterocycles. The van der Waals surface area contributed by atoms with Crippen molar-refractivity contribution in [3.63, 3.8) is 0 Å². The number of benzene rings is 1. The molecule has 0 fully saturated rings. The largest absolute Gasteiger partial charge is 0.361 e. The van der Waals surface area contributed by atoms with E-state index in [4.69, 9.17) is 5.73 Å². The van der Waals surface area contributed by atoms with Crippen LogP contribution >= 0.6 is 12.4 Å². The molecule has 15 heavy (non-hydrogen) atoms. The van der Waals surface area contributed by atoms with Crippen molar-refractivity contribution in [2.75, 3.05) is 0 Å². The van der Waals surface area contributed by atoms with Crippen molar-refractivity contribution in [1.29, 1.82) is 0 Å². The number of hydrogen-bond acceptors (Lipinski definition) is 1. The molecule has 1 aromatic carbocycles. The SMILES string of the molecule is CCC[C@H](N)c1ccc2[nH]ccc2c1.Cl. The number of nitrogens with two attached hydrogens (primary N) is 1. The molecule has 3 heteroatoms. The van der Waals surface area contributed by atoms with E-state index in [9.17, 15) is 0 Å². The molecule has 0 aliphatic carbocycles. The third kappa shape index (κ3) is 2.52. The van der Waals surface area contributed by atoms with E-state index >= 15 is 0 Å². The van der Waals surface area contributed by atoms with E-state index in [1.807, 2.05) is 6.20 Å². The first-order chi connectivity index (χ1) is 6.81. The summed E-state index contributed by atoms with van der Waals surface area (Å²) in [6.07, 6.45) is 4.14. The third-order valence-electron chi connectivity index (χ3n) is 2.61. The van der Waals surface area contributed by atoms with Gasteiger partial charge >= 0.3 is 0 Å². The highest BCUT2D eigenvalue weighted by molar-refractivity contribution is 5.85. The van der Waals surface area contributed by atoms with Crippen molar-refractivity contribution >= 4 is 23.3 Å². The van der Waals surface area contributed by atoms with Gasteiger partial charge in [0.15, 0.2) is 0 Å². The lowest BCUT2D eigenvalue weighted by Crippen LogP contribution is -2.09. The summed E-state index contributed by atoms with van der Waals surface area (Å²) in [5.41, 5.74) is 8.47. The standard InChI is InChI=1S/C12H16N2.ClH/c1-2-3-11(13)9-4-5-12-10(8-9)6-7-14-12;/h4-8,11,14H,2-3,13H2,1H3;1H/t11-;/m0./s1. The van der Waals surface area contributed by atoms with Crippen LogP contribution in [0, 0.1) is 0 Å². The van der Waals surface area contributed by atoms with Gasteiger partial charge in [0.2, 0.25) is 0 Å². The highest BCUT2D eigenvalue weighted by Gasteiger charge is 2.05. The van der Waals surface area contributed by atoms with Gasteiger partial charge in [-0.25, -0.2) is 0 Å². The van der Waals surface area contributed by atoms with E-state index < -0.39 is 0 Å². The van der Waals surface area contributed by atoms with Gasteiger partial charge in [-0.05, 0) is 35.6 Å². The maximum absolute atomic E-state index is 6.06. The lowest BCUT2D eigenvalue weighted by molar-refractivity contribution is 0.639. The predicted octanol–water partition coefficient (Wildman–Crippen LogP) is 3.39.